The maximum Gasteiger partial charge on any atom is 0.325 e. The summed E-state index contributed by atoms with van der Waals surface area (Å²) >= 11 is 0. The third-order valence-electron chi connectivity index (χ3n) is 3.18. The molecule has 1 aliphatic rings. The van der Waals surface area contributed by atoms with Crippen molar-refractivity contribution in [2.24, 2.45) is 0 Å². The van der Waals surface area contributed by atoms with Crippen LogP contribution in [-0.4, -0.2) is 41.8 Å². The number of nitrogens with one attached hydrogen (secondary N) is 1. The van der Waals surface area contributed by atoms with Gasteiger partial charge in [-0.15, -0.1) is 0 Å². The first-order chi connectivity index (χ1) is 9.61. The Kier molecular flexibility index (Phi) is 4.60. The molecule has 0 saturated carbocycles. The molecule has 2 amide bonds. The zero-order valence-electron chi connectivity index (χ0n) is 11.7. The molecule has 1 aromatic rings. The number of amides is 2. The molecule has 0 radical (unpaired) electrons. The number of rotatable bonds is 4. The van der Waals surface area contributed by atoms with Gasteiger partial charge in [0.1, 0.15) is 6.54 Å². The van der Waals surface area contributed by atoms with Gasteiger partial charge in [0.15, 0.2) is 5.76 Å². The van der Waals surface area contributed by atoms with E-state index in [0.29, 0.717) is 18.9 Å². The largest absolute Gasteiger partial charge is 0.465 e. The minimum absolute atomic E-state index is 0.113. The van der Waals surface area contributed by atoms with Crippen LogP contribution in [-0.2, 0) is 9.53 Å². The van der Waals surface area contributed by atoms with Crippen LogP contribution in [0.1, 0.15) is 37.3 Å². The Morgan fingerprint density at radius 2 is 2.40 bits per heavy atom. The number of urea groups is 1. The Labute approximate surface area is 117 Å². The van der Waals surface area contributed by atoms with E-state index in [4.69, 9.17) is 9.26 Å². The fraction of sp³-hybridized carbons (Fsp3) is 0.615. The summed E-state index contributed by atoms with van der Waals surface area (Å²) < 4.78 is 10.00. The molecule has 1 atom stereocenters. The first-order valence-electron chi connectivity index (χ1n) is 6.75. The number of aryl methyl sites for hydroxylation is 1. The summed E-state index contributed by atoms with van der Waals surface area (Å²) in [5, 5.41) is 6.41. The highest BCUT2D eigenvalue weighted by molar-refractivity contribution is 5.81. The van der Waals surface area contributed by atoms with Gasteiger partial charge in [0, 0.05) is 12.6 Å². The molecule has 2 rings (SSSR count). The number of ether oxygens (including phenoxy) is 1. The van der Waals surface area contributed by atoms with Crippen molar-refractivity contribution in [3.63, 3.8) is 0 Å². The van der Waals surface area contributed by atoms with Gasteiger partial charge < -0.3 is 19.5 Å². The van der Waals surface area contributed by atoms with Gasteiger partial charge >= 0.3 is 12.0 Å². The number of nitrogens with zero attached hydrogens (tertiary/aromatic N) is 2. The van der Waals surface area contributed by atoms with E-state index in [1.54, 1.807) is 11.8 Å². The highest BCUT2D eigenvalue weighted by Crippen LogP contribution is 2.32. The maximum atomic E-state index is 12.1. The number of esters is 1. The van der Waals surface area contributed by atoms with Gasteiger partial charge in [-0.25, -0.2) is 4.79 Å². The molecule has 0 aliphatic carbocycles. The summed E-state index contributed by atoms with van der Waals surface area (Å²) in [6.07, 6.45) is 1.73. The van der Waals surface area contributed by atoms with E-state index in [-0.39, 0.29) is 18.6 Å². The van der Waals surface area contributed by atoms with Gasteiger partial charge in [-0.2, -0.15) is 0 Å². The summed E-state index contributed by atoms with van der Waals surface area (Å²) in [4.78, 5) is 25.0. The average Bonchev–Trinajstić information content (AvgIpc) is 3.04. The third-order valence-corrected chi connectivity index (χ3v) is 3.18. The van der Waals surface area contributed by atoms with Crippen LogP contribution < -0.4 is 5.32 Å². The van der Waals surface area contributed by atoms with Crippen molar-refractivity contribution in [1.82, 2.24) is 15.4 Å². The molecule has 1 saturated heterocycles. The second-order valence-electron chi connectivity index (χ2n) is 4.69. The molecule has 0 aromatic carbocycles. The molecule has 20 heavy (non-hydrogen) atoms. The number of carbonyl (C=O) groups is 2. The predicted molar refractivity (Wildman–Crippen MR) is 70.0 cm³/mol. The molecule has 1 fully saturated rings. The van der Waals surface area contributed by atoms with Crippen molar-refractivity contribution in [3.8, 4) is 0 Å². The molecule has 2 heterocycles. The first kappa shape index (κ1) is 14.4. The molecular formula is C13H19N3O4. The molecule has 1 aromatic heterocycles. The molecule has 7 nitrogen and oxygen atoms in total. The summed E-state index contributed by atoms with van der Waals surface area (Å²) in [6, 6.07) is 1.44. The van der Waals surface area contributed by atoms with E-state index in [1.807, 2.05) is 13.0 Å². The Balaban J connectivity index is 1.93. The zero-order valence-corrected chi connectivity index (χ0v) is 11.7. The lowest BCUT2D eigenvalue weighted by Crippen LogP contribution is -2.41. The van der Waals surface area contributed by atoms with Crippen LogP contribution in [0.3, 0.4) is 0 Å². The van der Waals surface area contributed by atoms with Gasteiger partial charge in [0.2, 0.25) is 0 Å². The number of aromatic nitrogens is 1. The predicted octanol–water partition coefficient (Wildman–Crippen LogP) is 1.39. The summed E-state index contributed by atoms with van der Waals surface area (Å²) in [6.45, 7) is 4.39. The van der Waals surface area contributed by atoms with Crippen LogP contribution in [0.4, 0.5) is 4.79 Å². The number of carbonyl (C=O) groups excluding carboxylic acids is 2. The summed E-state index contributed by atoms with van der Waals surface area (Å²) in [5.41, 5.74) is 0.791. The molecule has 0 bridgehead atoms. The SMILES string of the molecule is CCOC(=O)CNC(=O)N1CCC[C@@H]1c1cc(C)no1. The lowest BCUT2D eigenvalue weighted by molar-refractivity contribution is -0.141. The van der Waals surface area contributed by atoms with Crippen LogP contribution in [0.5, 0.6) is 0 Å². The molecule has 7 heteroatoms. The minimum Gasteiger partial charge on any atom is -0.465 e. The molecule has 0 unspecified atom stereocenters. The smallest absolute Gasteiger partial charge is 0.325 e. The van der Waals surface area contributed by atoms with Crippen molar-refractivity contribution in [1.29, 1.82) is 0 Å². The van der Waals surface area contributed by atoms with E-state index in [2.05, 4.69) is 10.5 Å². The molecule has 0 spiro atoms. The quantitative estimate of drug-likeness (QED) is 0.843. The van der Waals surface area contributed by atoms with Gasteiger partial charge in [-0.1, -0.05) is 5.16 Å². The Morgan fingerprint density at radius 1 is 1.60 bits per heavy atom. The number of likely N-dealkylation sites (tertiary alicyclic amines) is 1. The van der Waals surface area contributed by atoms with Gasteiger partial charge in [0.05, 0.1) is 18.3 Å². The van der Waals surface area contributed by atoms with Crippen LogP contribution in [0.15, 0.2) is 10.6 Å². The van der Waals surface area contributed by atoms with Gasteiger partial charge in [0.25, 0.3) is 0 Å². The Hall–Kier alpha value is -2.05. The molecule has 1 N–H and O–H groups in total. The second kappa shape index (κ2) is 6.40. The van der Waals surface area contributed by atoms with Crippen molar-refractivity contribution >= 4 is 12.0 Å². The van der Waals surface area contributed by atoms with Crippen LogP contribution in [0, 0.1) is 6.92 Å². The van der Waals surface area contributed by atoms with E-state index in [9.17, 15) is 9.59 Å². The monoisotopic (exact) mass is 281 g/mol. The highest BCUT2D eigenvalue weighted by atomic mass is 16.5. The fourth-order valence-electron chi connectivity index (χ4n) is 2.31. The first-order valence-corrected chi connectivity index (χ1v) is 6.75. The van der Waals surface area contributed by atoms with E-state index < -0.39 is 5.97 Å². The Morgan fingerprint density at radius 3 is 3.05 bits per heavy atom. The highest BCUT2D eigenvalue weighted by Gasteiger charge is 2.32. The van der Waals surface area contributed by atoms with E-state index in [0.717, 1.165) is 18.5 Å². The van der Waals surface area contributed by atoms with Crippen LogP contribution in [0.2, 0.25) is 0 Å². The van der Waals surface area contributed by atoms with Crippen molar-refractivity contribution in [3.05, 3.63) is 17.5 Å². The Bertz CT molecular complexity index is 486. The molecule has 110 valence electrons. The normalized spacial score (nSPS) is 18.1. The summed E-state index contributed by atoms with van der Waals surface area (Å²) in [7, 11) is 0. The summed E-state index contributed by atoms with van der Waals surface area (Å²) in [5.74, 6) is 0.249. The minimum atomic E-state index is -0.438. The van der Waals surface area contributed by atoms with Crippen molar-refractivity contribution < 1.29 is 18.8 Å². The second-order valence-corrected chi connectivity index (χ2v) is 4.69. The number of hydrogen-bond acceptors (Lipinski definition) is 5. The van der Waals surface area contributed by atoms with Gasteiger partial charge in [-0.05, 0) is 26.7 Å². The van der Waals surface area contributed by atoms with Gasteiger partial charge in [-0.3, -0.25) is 4.79 Å². The molecule has 1 aliphatic heterocycles. The standard InChI is InChI=1S/C13H19N3O4/c1-3-19-12(17)8-14-13(18)16-6-4-5-10(16)11-7-9(2)15-20-11/h7,10H,3-6,8H2,1-2H3,(H,14,18)/t10-/m1/s1. The number of hydrogen-bond donors (Lipinski definition) is 1. The maximum absolute atomic E-state index is 12.1. The van der Waals surface area contributed by atoms with Crippen molar-refractivity contribution in [2.75, 3.05) is 19.7 Å². The fourth-order valence-corrected chi connectivity index (χ4v) is 2.31. The van der Waals surface area contributed by atoms with E-state index >= 15 is 0 Å². The topological polar surface area (TPSA) is 84.7 Å². The third kappa shape index (κ3) is 3.28. The molecular weight excluding hydrogens is 262 g/mol. The van der Waals surface area contributed by atoms with Crippen molar-refractivity contribution in [2.45, 2.75) is 32.7 Å². The van der Waals surface area contributed by atoms with Crippen LogP contribution >= 0.6 is 0 Å². The van der Waals surface area contributed by atoms with Crippen LogP contribution in [0.25, 0.3) is 0 Å². The zero-order chi connectivity index (χ0) is 14.5. The van der Waals surface area contributed by atoms with E-state index in [1.165, 1.54) is 0 Å². The average molecular weight is 281 g/mol. The lowest BCUT2D eigenvalue weighted by atomic mass is 10.1. The lowest BCUT2D eigenvalue weighted by Gasteiger charge is -2.22.